The van der Waals surface area contributed by atoms with Crippen molar-refractivity contribution in [2.45, 2.75) is 90.8 Å². The zero-order valence-electron chi connectivity index (χ0n) is 23.6. The molecule has 2 aromatic rings. The third-order valence-electron chi connectivity index (χ3n) is 7.53. The van der Waals surface area contributed by atoms with Gasteiger partial charge in [0, 0.05) is 30.6 Å². The van der Waals surface area contributed by atoms with Gasteiger partial charge in [0.15, 0.2) is 0 Å². The number of nitrogens with zero attached hydrogens (tertiary/aromatic N) is 2. The summed E-state index contributed by atoms with van der Waals surface area (Å²) >= 11 is 6.16. The molecule has 7 nitrogen and oxygen atoms in total. The van der Waals surface area contributed by atoms with Crippen molar-refractivity contribution >= 4 is 39.1 Å². The Morgan fingerprint density at radius 2 is 1.74 bits per heavy atom. The monoisotopic (exact) mass is 575 g/mol. The van der Waals surface area contributed by atoms with Crippen LogP contribution in [0.5, 0.6) is 0 Å². The zero-order valence-corrected chi connectivity index (χ0v) is 25.2. The smallest absolute Gasteiger partial charge is 0.243 e. The topological polar surface area (TPSA) is 86.8 Å². The van der Waals surface area contributed by atoms with Crippen molar-refractivity contribution in [1.29, 1.82) is 0 Å². The normalized spacial score (nSPS) is 15.0. The van der Waals surface area contributed by atoms with Gasteiger partial charge in [0.05, 0.1) is 11.9 Å². The summed E-state index contributed by atoms with van der Waals surface area (Å²) in [6.45, 7) is 6.21. The largest absolute Gasteiger partial charge is 0.352 e. The maximum Gasteiger partial charge on any atom is 0.243 e. The molecule has 0 aromatic heterocycles. The van der Waals surface area contributed by atoms with E-state index in [2.05, 4.69) is 5.32 Å². The molecule has 2 aromatic carbocycles. The summed E-state index contributed by atoms with van der Waals surface area (Å²) < 4.78 is 26.6. The second-order valence-electron chi connectivity index (χ2n) is 10.6. The van der Waals surface area contributed by atoms with Gasteiger partial charge in [-0.3, -0.25) is 13.9 Å². The lowest BCUT2D eigenvalue weighted by Crippen LogP contribution is -2.51. The van der Waals surface area contributed by atoms with E-state index in [4.69, 9.17) is 11.6 Å². The number of rotatable bonds is 12. The highest BCUT2D eigenvalue weighted by molar-refractivity contribution is 7.92. The molecule has 3 rings (SSSR count). The fourth-order valence-corrected chi connectivity index (χ4v) is 6.45. The average Bonchev–Trinajstić information content (AvgIpc) is 2.89. The molecule has 0 heterocycles. The molecule has 1 aliphatic rings. The van der Waals surface area contributed by atoms with Gasteiger partial charge in [-0.05, 0) is 68.4 Å². The van der Waals surface area contributed by atoms with Crippen LogP contribution in [0.4, 0.5) is 5.69 Å². The van der Waals surface area contributed by atoms with E-state index >= 15 is 0 Å². The quantitative estimate of drug-likeness (QED) is 0.349. The highest BCUT2D eigenvalue weighted by Gasteiger charge is 2.31. The second-order valence-corrected chi connectivity index (χ2v) is 12.9. The molecular formula is C30H42ClN3O4S. The van der Waals surface area contributed by atoms with Crippen molar-refractivity contribution in [3.63, 3.8) is 0 Å². The number of aryl methyl sites for hydroxylation is 2. The first-order chi connectivity index (χ1) is 18.5. The van der Waals surface area contributed by atoms with Crippen molar-refractivity contribution in [1.82, 2.24) is 10.2 Å². The van der Waals surface area contributed by atoms with Crippen molar-refractivity contribution in [3.8, 4) is 0 Å². The van der Waals surface area contributed by atoms with Gasteiger partial charge in [-0.2, -0.15) is 0 Å². The molecule has 0 saturated heterocycles. The van der Waals surface area contributed by atoms with E-state index < -0.39 is 16.1 Å². The van der Waals surface area contributed by atoms with Crippen molar-refractivity contribution in [2.24, 2.45) is 0 Å². The summed E-state index contributed by atoms with van der Waals surface area (Å²) in [7, 11) is -3.59. The molecule has 0 radical (unpaired) electrons. The number of hydrogen-bond acceptors (Lipinski definition) is 4. The first-order valence-corrected chi connectivity index (χ1v) is 16.1. The minimum atomic E-state index is -3.59. The summed E-state index contributed by atoms with van der Waals surface area (Å²) in [5, 5.41) is 3.64. The van der Waals surface area contributed by atoms with E-state index in [1.807, 2.05) is 45.0 Å². The van der Waals surface area contributed by atoms with Crippen LogP contribution in [-0.2, 0) is 26.2 Å². The molecule has 9 heteroatoms. The predicted octanol–water partition coefficient (Wildman–Crippen LogP) is 5.76. The van der Waals surface area contributed by atoms with Gasteiger partial charge in [0.1, 0.15) is 6.04 Å². The van der Waals surface area contributed by atoms with Gasteiger partial charge in [0.2, 0.25) is 21.8 Å². The van der Waals surface area contributed by atoms with Gasteiger partial charge in [-0.25, -0.2) is 8.42 Å². The highest BCUT2D eigenvalue weighted by Crippen LogP contribution is 2.27. The van der Waals surface area contributed by atoms with Crippen molar-refractivity contribution in [2.75, 3.05) is 17.1 Å². The molecule has 214 valence electrons. The van der Waals surface area contributed by atoms with Gasteiger partial charge in [0.25, 0.3) is 0 Å². The number of halogens is 1. The Kier molecular flexibility index (Phi) is 11.2. The Bertz CT molecular complexity index is 1240. The summed E-state index contributed by atoms with van der Waals surface area (Å²) in [5.41, 5.74) is 3.33. The highest BCUT2D eigenvalue weighted by atomic mass is 35.5. The van der Waals surface area contributed by atoms with Crippen LogP contribution in [0.25, 0.3) is 0 Å². The fraction of sp³-hybridized carbons (Fsp3) is 0.533. The number of carbonyl (C=O) groups is 2. The molecule has 1 saturated carbocycles. The van der Waals surface area contributed by atoms with Crippen molar-refractivity contribution < 1.29 is 18.0 Å². The summed E-state index contributed by atoms with van der Waals surface area (Å²) in [6, 6.07) is 12.6. The number of benzene rings is 2. The van der Waals surface area contributed by atoms with Crippen LogP contribution in [-0.4, -0.2) is 50.0 Å². The number of sulfonamides is 1. The third-order valence-corrected chi connectivity index (χ3v) is 8.95. The summed E-state index contributed by atoms with van der Waals surface area (Å²) in [6.07, 6.45) is 7.42. The fourth-order valence-electron chi connectivity index (χ4n) is 5.27. The minimum Gasteiger partial charge on any atom is -0.352 e. The minimum absolute atomic E-state index is 0.112. The lowest BCUT2D eigenvalue weighted by atomic mass is 9.95. The summed E-state index contributed by atoms with van der Waals surface area (Å²) in [5.74, 6) is -0.279. The number of carbonyl (C=O) groups excluding carboxylic acids is 2. The predicted molar refractivity (Wildman–Crippen MR) is 158 cm³/mol. The molecule has 2 amide bonds. The van der Waals surface area contributed by atoms with E-state index in [0.29, 0.717) is 30.1 Å². The lowest BCUT2D eigenvalue weighted by molar-refractivity contribution is -0.141. The Morgan fingerprint density at radius 1 is 1.05 bits per heavy atom. The van der Waals surface area contributed by atoms with Crippen molar-refractivity contribution in [3.05, 3.63) is 64.2 Å². The van der Waals surface area contributed by atoms with E-state index in [1.54, 1.807) is 23.1 Å². The standard InChI is InChI=1S/C30H42ClN3O4S/c1-5-27(30(36)32-26-14-7-6-8-15-26)33(21-24-13-10-9-12-22(24)2)29(35)16-11-19-34(39(4,37)38)28-20-25(31)18-17-23(28)3/h9-10,12-13,17-18,20,26-27H,5-8,11,14-16,19,21H2,1-4H3,(H,32,36)/t27-/m1/s1. The van der Waals surface area contributed by atoms with Crippen LogP contribution in [0, 0.1) is 13.8 Å². The number of nitrogens with one attached hydrogen (secondary N) is 1. The summed E-state index contributed by atoms with van der Waals surface area (Å²) in [4.78, 5) is 28.8. The molecule has 1 N–H and O–H groups in total. The van der Waals surface area contributed by atoms with E-state index in [1.165, 1.54) is 10.7 Å². The molecule has 1 fully saturated rings. The Hall–Kier alpha value is -2.58. The lowest BCUT2D eigenvalue weighted by Gasteiger charge is -2.33. The molecular weight excluding hydrogens is 534 g/mol. The average molecular weight is 576 g/mol. The van der Waals surface area contributed by atoms with Crippen LogP contribution in [0.15, 0.2) is 42.5 Å². The van der Waals surface area contributed by atoms with Gasteiger partial charge in [-0.1, -0.05) is 68.1 Å². The Morgan fingerprint density at radius 3 is 2.38 bits per heavy atom. The first-order valence-electron chi connectivity index (χ1n) is 13.9. The van der Waals surface area contributed by atoms with Gasteiger partial charge < -0.3 is 10.2 Å². The maximum absolute atomic E-state index is 13.7. The molecule has 0 spiro atoms. The van der Waals surface area contributed by atoms with Crippen LogP contribution in [0.1, 0.15) is 75.0 Å². The number of anilines is 1. The Labute approximate surface area is 239 Å². The number of amides is 2. The second kappa shape index (κ2) is 14.2. The maximum atomic E-state index is 13.7. The van der Waals surface area contributed by atoms with E-state index in [9.17, 15) is 18.0 Å². The van der Waals surface area contributed by atoms with Crippen LogP contribution < -0.4 is 9.62 Å². The number of hydrogen-bond donors (Lipinski definition) is 1. The molecule has 0 unspecified atom stereocenters. The first kappa shape index (κ1) is 31.0. The van der Waals surface area contributed by atoms with E-state index in [0.717, 1.165) is 48.6 Å². The SMILES string of the molecule is CC[C@H](C(=O)NC1CCCCC1)N(Cc1ccccc1C)C(=O)CCCN(c1cc(Cl)ccc1C)S(C)(=O)=O. The molecule has 0 bridgehead atoms. The third kappa shape index (κ3) is 8.70. The Balaban J connectivity index is 1.79. The molecule has 0 aliphatic heterocycles. The van der Waals surface area contributed by atoms with Crippen LogP contribution in [0.3, 0.4) is 0 Å². The van der Waals surface area contributed by atoms with Crippen LogP contribution >= 0.6 is 11.6 Å². The van der Waals surface area contributed by atoms with Crippen LogP contribution in [0.2, 0.25) is 5.02 Å². The van der Waals surface area contributed by atoms with Gasteiger partial charge >= 0.3 is 0 Å². The van der Waals surface area contributed by atoms with E-state index in [-0.39, 0.29) is 30.8 Å². The molecule has 1 atom stereocenters. The molecule has 39 heavy (non-hydrogen) atoms. The zero-order chi connectivity index (χ0) is 28.6. The molecule has 1 aliphatic carbocycles. The van der Waals surface area contributed by atoms with Gasteiger partial charge in [-0.15, -0.1) is 0 Å².